The summed E-state index contributed by atoms with van der Waals surface area (Å²) in [6.07, 6.45) is 0. The van der Waals surface area contributed by atoms with Gasteiger partial charge in [-0.25, -0.2) is 0 Å². The topological polar surface area (TPSA) is 59.0 Å². The molecule has 0 spiro atoms. The Hall–Kier alpha value is -1.74. The number of hydrogen-bond donors (Lipinski definition) is 1. The lowest BCUT2D eigenvalue weighted by Crippen LogP contribution is -1.92. The molecule has 2 aromatic carbocycles. The number of nitrogens with two attached hydrogens (primary N) is 1. The smallest absolute Gasteiger partial charge is 0.140 e. The van der Waals surface area contributed by atoms with Gasteiger partial charge in [0, 0.05) is 6.07 Å². The van der Waals surface area contributed by atoms with E-state index >= 15 is 0 Å². The third kappa shape index (κ3) is 2.68. The normalized spacial score (nSPS) is 9.65. The quantitative estimate of drug-likeness (QED) is 0.674. The van der Waals surface area contributed by atoms with Gasteiger partial charge in [0.2, 0.25) is 0 Å². The largest absolute Gasteiger partial charge is 0.456 e. The number of para-hydroxylation sites is 1. The van der Waals surface area contributed by atoms with Crippen LogP contribution >= 0.6 is 22.6 Å². The summed E-state index contributed by atoms with van der Waals surface area (Å²) in [6.45, 7) is 0. The molecule has 0 unspecified atom stereocenters. The number of anilines is 1. The summed E-state index contributed by atoms with van der Waals surface area (Å²) in [5.41, 5.74) is 6.60. The highest BCUT2D eigenvalue weighted by Crippen LogP contribution is 2.28. The summed E-state index contributed by atoms with van der Waals surface area (Å²) < 4.78 is 6.71. The highest BCUT2D eigenvalue weighted by atomic mass is 127. The number of benzene rings is 2. The molecule has 0 fully saturated rings. The first-order chi connectivity index (χ1) is 8.20. The van der Waals surface area contributed by atoms with Gasteiger partial charge in [0.15, 0.2) is 0 Å². The van der Waals surface area contributed by atoms with Gasteiger partial charge < -0.3 is 10.5 Å². The van der Waals surface area contributed by atoms with Crippen LogP contribution in [0.25, 0.3) is 0 Å². The first-order valence-corrected chi connectivity index (χ1v) is 6.00. The molecule has 3 nitrogen and oxygen atoms in total. The Bertz CT molecular complexity index is 590. The molecule has 0 heterocycles. The van der Waals surface area contributed by atoms with Gasteiger partial charge in [-0.05, 0) is 46.9 Å². The van der Waals surface area contributed by atoms with E-state index < -0.39 is 0 Å². The average Bonchev–Trinajstić information content (AvgIpc) is 2.32. The van der Waals surface area contributed by atoms with Crippen molar-refractivity contribution in [1.29, 1.82) is 5.26 Å². The molecular formula is C13H9IN2O. The second-order valence-corrected chi connectivity index (χ2v) is 4.56. The standard InChI is InChI=1S/C13H9IN2O/c14-11-3-1-2-4-13(11)17-10-6-5-9(8-15)12(16)7-10/h1-7H,16H2. The minimum Gasteiger partial charge on any atom is -0.456 e. The zero-order valence-corrected chi connectivity index (χ0v) is 11.0. The van der Waals surface area contributed by atoms with Gasteiger partial charge in [-0.1, -0.05) is 12.1 Å². The Morgan fingerprint density at radius 3 is 2.59 bits per heavy atom. The molecule has 0 bridgehead atoms. The molecule has 0 radical (unpaired) electrons. The maximum atomic E-state index is 8.77. The van der Waals surface area contributed by atoms with Gasteiger partial charge in [0.25, 0.3) is 0 Å². The molecule has 0 aliphatic heterocycles. The van der Waals surface area contributed by atoms with E-state index in [2.05, 4.69) is 22.6 Å². The first-order valence-electron chi connectivity index (χ1n) is 4.92. The molecule has 2 N–H and O–H groups in total. The van der Waals surface area contributed by atoms with Crippen LogP contribution in [0.1, 0.15) is 5.56 Å². The van der Waals surface area contributed by atoms with E-state index in [1.165, 1.54) is 0 Å². The number of nitrogens with zero attached hydrogens (tertiary/aromatic N) is 1. The number of halogens is 1. The van der Waals surface area contributed by atoms with Crippen LogP contribution in [0.2, 0.25) is 0 Å². The highest BCUT2D eigenvalue weighted by molar-refractivity contribution is 14.1. The van der Waals surface area contributed by atoms with Gasteiger partial charge in [-0.2, -0.15) is 5.26 Å². The predicted molar refractivity (Wildman–Crippen MR) is 74.8 cm³/mol. The third-order valence-corrected chi connectivity index (χ3v) is 3.10. The lowest BCUT2D eigenvalue weighted by atomic mass is 10.2. The van der Waals surface area contributed by atoms with Crippen LogP contribution in [0.3, 0.4) is 0 Å². The van der Waals surface area contributed by atoms with Crippen molar-refractivity contribution in [2.24, 2.45) is 0 Å². The fourth-order valence-corrected chi connectivity index (χ4v) is 1.86. The van der Waals surface area contributed by atoms with Crippen molar-refractivity contribution >= 4 is 28.3 Å². The van der Waals surface area contributed by atoms with Crippen LogP contribution in [0.15, 0.2) is 42.5 Å². The van der Waals surface area contributed by atoms with Crippen molar-refractivity contribution in [2.75, 3.05) is 5.73 Å². The van der Waals surface area contributed by atoms with E-state index in [0.717, 1.165) is 9.32 Å². The average molecular weight is 336 g/mol. The molecule has 2 rings (SSSR count). The Kier molecular flexibility index (Phi) is 3.49. The maximum Gasteiger partial charge on any atom is 0.140 e. The molecule has 0 saturated heterocycles. The van der Waals surface area contributed by atoms with Crippen LogP contribution in [-0.4, -0.2) is 0 Å². The van der Waals surface area contributed by atoms with Gasteiger partial charge in [0.1, 0.15) is 17.6 Å². The van der Waals surface area contributed by atoms with Crippen molar-refractivity contribution in [3.63, 3.8) is 0 Å². The minimum atomic E-state index is 0.427. The molecule has 0 aliphatic rings. The van der Waals surface area contributed by atoms with E-state index in [4.69, 9.17) is 15.7 Å². The van der Waals surface area contributed by atoms with Crippen LogP contribution < -0.4 is 10.5 Å². The van der Waals surface area contributed by atoms with E-state index in [1.54, 1.807) is 18.2 Å². The van der Waals surface area contributed by atoms with Gasteiger partial charge in [-0.3, -0.25) is 0 Å². The number of nitrogen functional groups attached to an aromatic ring is 1. The predicted octanol–water partition coefficient (Wildman–Crippen LogP) is 3.54. The van der Waals surface area contributed by atoms with E-state index in [9.17, 15) is 0 Å². The molecule has 84 valence electrons. The Morgan fingerprint density at radius 2 is 1.94 bits per heavy atom. The first kappa shape index (κ1) is 11.7. The molecular weight excluding hydrogens is 327 g/mol. The molecule has 17 heavy (non-hydrogen) atoms. The molecule has 0 saturated carbocycles. The SMILES string of the molecule is N#Cc1ccc(Oc2ccccc2I)cc1N. The monoisotopic (exact) mass is 336 g/mol. The van der Waals surface area contributed by atoms with Gasteiger partial charge in [-0.15, -0.1) is 0 Å². The number of hydrogen-bond acceptors (Lipinski definition) is 3. The third-order valence-electron chi connectivity index (χ3n) is 2.21. The lowest BCUT2D eigenvalue weighted by molar-refractivity contribution is 0.479. The van der Waals surface area contributed by atoms with Crippen molar-refractivity contribution in [3.8, 4) is 17.6 Å². The Morgan fingerprint density at radius 1 is 1.18 bits per heavy atom. The van der Waals surface area contributed by atoms with Crippen molar-refractivity contribution in [1.82, 2.24) is 0 Å². The highest BCUT2D eigenvalue weighted by Gasteiger charge is 2.04. The minimum absolute atomic E-state index is 0.427. The van der Waals surface area contributed by atoms with Crippen LogP contribution in [0.4, 0.5) is 5.69 Å². The fourth-order valence-electron chi connectivity index (χ4n) is 1.36. The zero-order valence-electron chi connectivity index (χ0n) is 8.85. The second kappa shape index (κ2) is 5.06. The van der Waals surface area contributed by atoms with Crippen LogP contribution in [0, 0.1) is 14.9 Å². The number of nitriles is 1. The van der Waals surface area contributed by atoms with E-state index in [1.807, 2.05) is 30.3 Å². The van der Waals surface area contributed by atoms with Gasteiger partial charge >= 0.3 is 0 Å². The fraction of sp³-hybridized carbons (Fsp3) is 0. The molecule has 4 heteroatoms. The summed E-state index contributed by atoms with van der Waals surface area (Å²) in [7, 11) is 0. The molecule has 0 aromatic heterocycles. The Labute approximate surface area is 113 Å². The summed E-state index contributed by atoms with van der Waals surface area (Å²) in [4.78, 5) is 0. The molecule has 2 aromatic rings. The summed E-state index contributed by atoms with van der Waals surface area (Å²) in [5, 5.41) is 8.77. The van der Waals surface area contributed by atoms with Crippen LogP contribution in [0.5, 0.6) is 11.5 Å². The summed E-state index contributed by atoms with van der Waals surface area (Å²) in [6, 6.07) is 14.8. The van der Waals surface area contributed by atoms with Crippen molar-refractivity contribution < 1.29 is 4.74 Å². The zero-order chi connectivity index (χ0) is 12.3. The number of ether oxygens (including phenoxy) is 1. The maximum absolute atomic E-state index is 8.77. The van der Waals surface area contributed by atoms with Gasteiger partial charge in [0.05, 0.1) is 14.8 Å². The van der Waals surface area contributed by atoms with Crippen LogP contribution in [-0.2, 0) is 0 Å². The van der Waals surface area contributed by atoms with E-state index in [-0.39, 0.29) is 0 Å². The Balaban J connectivity index is 2.29. The molecule has 0 atom stereocenters. The summed E-state index contributed by atoms with van der Waals surface area (Å²) >= 11 is 2.20. The lowest BCUT2D eigenvalue weighted by Gasteiger charge is -2.08. The molecule has 0 aliphatic carbocycles. The summed E-state index contributed by atoms with van der Waals surface area (Å²) in [5.74, 6) is 1.41. The second-order valence-electron chi connectivity index (χ2n) is 3.39. The molecule has 0 amide bonds. The van der Waals surface area contributed by atoms with E-state index in [0.29, 0.717) is 17.0 Å². The van der Waals surface area contributed by atoms with Crippen molar-refractivity contribution in [3.05, 3.63) is 51.6 Å². The number of rotatable bonds is 2. The van der Waals surface area contributed by atoms with Crippen molar-refractivity contribution in [2.45, 2.75) is 0 Å².